The van der Waals surface area contributed by atoms with E-state index >= 15 is 0 Å². The van der Waals surface area contributed by atoms with Crippen LogP contribution >= 0.6 is 0 Å². The van der Waals surface area contributed by atoms with Gasteiger partial charge in [-0.3, -0.25) is 0 Å². The smallest absolute Gasteiger partial charge is 0.243 e. The van der Waals surface area contributed by atoms with Crippen LogP contribution in [-0.2, 0) is 14.8 Å². The maximum absolute atomic E-state index is 13.1. The molecule has 140 valence electrons. The van der Waals surface area contributed by atoms with Gasteiger partial charge in [0, 0.05) is 6.54 Å². The summed E-state index contributed by atoms with van der Waals surface area (Å²) < 4.78 is 56.5. The van der Waals surface area contributed by atoms with Gasteiger partial charge in [0.05, 0.1) is 31.8 Å². The first-order chi connectivity index (χ1) is 12.5. The highest BCUT2D eigenvalue weighted by atomic mass is 32.2. The lowest BCUT2D eigenvalue weighted by molar-refractivity contribution is 0.0722. The lowest BCUT2D eigenvalue weighted by atomic mass is 10.3. The van der Waals surface area contributed by atoms with E-state index in [0.717, 1.165) is 12.1 Å². The van der Waals surface area contributed by atoms with E-state index in [-0.39, 0.29) is 31.2 Å². The summed E-state index contributed by atoms with van der Waals surface area (Å²) in [6, 6.07) is 11.8. The van der Waals surface area contributed by atoms with Gasteiger partial charge in [0.2, 0.25) is 10.0 Å². The summed E-state index contributed by atoms with van der Waals surface area (Å²) in [5.74, 6) is 0.819. The third-order valence-corrected chi connectivity index (χ3v) is 5.89. The Morgan fingerprint density at radius 2 is 1.73 bits per heavy atom. The van der Waals surface area contributed by atoms with Gasteiger partial charge in [-0.1, -0.05) is 0 Å². The van der Waals surface area contributed by atoms with Crippen LogP contribution in [0.25, 0.3) is 0 Å². The Morgan fingerprint density at radius 3 is 2.38 bits per heavy atom. The van der Waals surface area contributed by atoms with E-state index in [2.05, 4.69) is 0 Å². The third-order valence-electron chi connectivity index (χ3n) is 4.01. The molecule has 2 aromatic rings. The van der Waals surface area contributed by atoms with Crippen molar-refractivity contribution in [3.05, 3.63) is 54.3 Å². The molecule has 1 aliphatic rings. The summed E-state index contributed by atoms with van der Waals surface area (Å²) in [5.41, 5.74) is 0. The predicted octanol–water partition coefficient (Wildman–Crippen LogP) is 2.30. The van der Waals surface area contributed by atoms with Crippen molar-refractivity contribution >= 4 is 10.0 Å². The minimum atomic E-state index is -3.75. The fourth-order valence-electron chi connectivity index (χ4n) is 2.64. The van der Waals surface area contributed by atoms with Crippen LogP contribution in [0.2, 0.25) is 0 Å². The third kappa shape index (κ3) is 4.32. The molecule has 1 unspecified atom stereocenters. The first-order valence-electron chi connectivity index (χ1n) is 8.13. The number of nitrogens with zero attached hydrogens (tertiary/aromatic N) is 1. The van der Waals surface area contributed by atoms with Gasteiger partial charge >= 0.3 is 0 Å². The second kappa shape index (κ2) is 8.03. The number of benzene rings is 2. The molecule has 1 fully saturated rings. The average molecular weight is 381 g/mol. The van der Waals surface area contributed by atoms with Crippen molar-refractivity contribution in [2.45, 2.75) is 11.0 Å². The summed E-state index contributed by atoms with van der Waals surface area (Å²) >= 11 is 0. The topological polar surface area (TPSA) is 65.1 Å². The zero-order chi connectivity index (χ0) is 18.6. The standard InChI is InChI=1S/C18H20FNO5S/c1-23-15-4-6-16(7-5-15)25-17-12-20(10-11-24-13-17)26(21,22)18-8-2-14(19)3-9-18/h2-9,17H,10-13H2,1H3. The van der Waals surface area contributed by atoms with Crippen LogP contribution in [0.15, 0.2) is 53.4 Å². The van der Waals surface area contributed by atoms with Crippen LogP contribution in [0.5, 0.6) is 11.5 Å². The minimum absolute atomic E-state index is 0.0454. The molecule has 0 saturated carbocycles. The fourth-order valence-corrected chi connectivity index (χ4v) is 4.10. The number of hydrogen-bond acceptors (Lipinski definition) is 5. The van der Waals surface area contributed by atoms with Crippen molar-refractivity contribution in [1.82, 2.24) is 4.31 Å². The van der Waals surface area contributed by atoms with Gasteiger partial charge in [-0.2, -0.15) is 4.31 Å². The van der Waals surface area contributed by atoms with Crippen LogP contribution in [0.4, 0.5) is 4.39 Å². The van der Waals surface area contributed by atoms with Gasteiger partial charge in [-0.25, -0.2) is 12.8 Å². The fraction of sp³-hybridized carbons (Fsp3) is 0.333. The Balaban J connectivity index is 1.74. The Labute approximate surface area is 152 Å². The molecule has 26 heavy (non-hydrogen) atoms. The predicted molar refractivity (Wildman–Crippen MR) is 93.4 cm³/mol. The average Bonchev–Trinajstić information content (AvgIpc) is 2.89. The van der Waals surface area contributed by atoms with Crippen LogP contribution in [0.1, 0.15) is 0 Å². The van der Waals surface area contributed by atoms with Crippen molar-refractivity contribution in [3.63, 3.8) is 0 Å². The van der Waals surface area contributed by atoms with Gasteiger partial charge in [-0.15, -0.1) is 0 Å². The van der Waals surface area contributed by atoms with Crippen molar-refractivity contribution in [2.75, 3.05) is 33.4 Å². The second-order valence-electron chi connectivity index (χ2n) is 5.81. The molecular formula is C18H20FNO5S. The quantitative estimate of drug-likeness (QED) is 0.795. The molecule has 1 atom stereocenters. The molecule has 0 spiro atoms. The molecule has 3 rings (SSSR count). The van der Waals surface area contributed by atoms with E-state index in [9.17, 15) is 12.8 Å². The lowest BCUT2D eigenvalue weighted by Gasteiger charge is -2.24. The number of hydrogen-bond donors (Lipinski definition) is 0. The van der Waals surface area contributed by atoms with Crippen molar-refractivity contribution in [1.29, 1.82) is 0 Å². The largest absolute Gasteiger partial charge is 0.497 e. The van der Waals surface area contributed by atoms with Gasteiger partial charge in [-0.05, 0) is 48.5 Å². The van der Waals surface area contributed by atoms with Crippen LogP contribution in [0, 0.1) is 5.82 Å². The summed E-state index contributed by atoms with van der Waals surface area (Å²) in [6.45, 7) is 0.901. The molecule has 6 nitrogen and oxygen atoms in total. The molecule has 2 aromatic carbocycles. The van der Waals surface area contributed by atoms with E-state index in [0.29, 0.717) is 11.5 Å². The molecule has 1 heterocycles. The summed E-state index contributed by atoms with van der Waals surface area (Å²) in [7, 11) is -2.17. The molecule has 1 aliphatic heterocycles. The zero-order valence-corrected chi connectivity index (χ0v) is 15.1. The second-order valence-corrected chi connectivity index (χ2v) is 7.75. The Hall–Kier alpha value is -2.16. The summed E-state index contributed by atoms with van der Waals surface area (Å²) in [4.78, 5) is 0.0454. The molecule has 0 radical (unpaired) electrons. The van der Waals surface area contributed by atoms with Crippen molar-refractivity contribution in [3.8, 4) is 11.5 Å². The Kier molecular flexibility index (Phi) is 5.75. The lowest BCUT2D eigenvalue weighted by Crippen LogP contribution is -2.39. The highest BCUT2D eigenvalue weighted by molar-refractivity contribution is 7.89. The first kappa shape index (κ1) is 18.6. The van der Waals surface area contributed by atoms with E-state index in [1.165, 1.54) is 16.4 Å². The van der Waals surface area contributed by atoms with Crippen molar-refractivity contribution in [2.24, 2.45) is 0 Å². The van der Waals surface area contributed by atoms with E-state index in [1.807, 2.05) is 0 Å². The van der Waals surface area contributed by atoms with Crippen LogP contribution < -0.4 is 9.47 Å². The highest BCUT2D eigenvalue weighted by Crippen LogP contribution is 2.22. The Bertz CT molecular complexity index is 824. The maximum atomic E-state index is 13.1. The first-order valence-corrected chi connectivity index (χ1v) is 9.57. The monoisotopic (exact) mass is 381 g/mol. The van der Waals surface area contributed by atoms with Gasteiger partial charge in [0.25, 0.3) is 0 Å². The molecule has 0 bridgehead atoms. The van der Waals surface area contributed by atoms with Crippen molar-refractivity contribution < 1.29 is 27.0 Å². The number of halogens is 1. The van der Waals surface area contributed by atoms with Gasteiger partial charge in [0.1, 0.15) is 23.4 Å². The van der Waals surface area contributed by atoms with Gasteiger partial charge in [0.15, 0.2) is 0 Å². The van der Waals surface area contributed by atoms with Crippen LogP contribution in [-0.4, -0.2) is 52.2 Å². The molecule has 0 amide bonds. The molecule has 0 N–H and O–H groups in total. The number of ether oxygens (including phenoxy) is 3. The number of rotatable bonds is 5. The molecular weight excluding hydrogens is 361 g/mol. The molecule has 1 saturated heterocycles. The molecule has 8 heteroatoms. The summed E-state index contributed by atoms with van der Waals surface area (Å²) in [5, 5.41) is 0. The van der Waals surface area contributed by atoms with Gasteiger partial charge < -0.3 is 14.2 Å². The maximum Gasteiger partial charge on any atom is 0.243 e. The highest BCUT2D eigenvalue weighted by Gasteiger charge is 2.30. The van der Waals surface area contributed by atoms with E-state index < -0.39 is 21.9 Å². The Morgan fingerprint density at radius 1 is 1.08 bits per heavy atom. The molecule has 0 aliphatic carbocycles. The van der Waals surface area contributed by atoms with E-state index in [4.69, 9.17) is 14.2 Å². The summed E-state index contributed by atoms with van der Waals surface area (Å²) in [6.07, 6.45) is -0.457. The molecule has 0 aromatic heterocycles. The zero-order valence-electron chi connectivity index (χ0n) is 14.3. The normalized spacial score (nSPS) is 18.9. The van der Waals surface area contributed by atoms with Crippen LogP contribution in [0.3, 0.4) is 0 Å². The minimum Gasteiger partial charge on any atom is -0.497 e. The van der Waals surface area contributed by atoms with E-state index in [1.54, 1.807) is 31.4 Å². The number of methoxy groups -OCH3 is 1. The SMILES string of the molecule is COc1ccc(OC2COCCN(S(=O)(=O)c3ccc(F)cc3)C2)cc1. The number of sulfonamides is 1.